The van der Waals surface area contributed by atoms with Gasteiger partial charge in [-0.05, 0) is 36.7 Å². The number of piperidine rings is 1. The first kappa shape index (κ1) is 22.0. The second-order valence-corrected chi connectivity index (χ2v) is 9.70. The molecule has 0 aromatic carbocycles. The van der Waals surface area contributed by atoms with E-state index in [1.165, 1.54) is 6.33 Å². The minimum absolute atomic E-state index is 0.110. The summed E-state index contributed by atoms with van der Waals surface area (Å²) in [6, 6.07) is 1.95. The Balaban J connectivity index is 1.12. The summed E-state index contributed by atoms with van der Waals surface area (Å²) in [7, 11) is 0. The molecule has 33 heavy (non-hydrogen) atoms. The van der Waals surface area contributed by atoms with Crippen LogP contribution in [0.15, 0.2) is 18.6 Å². The van der Waals surface area contributed by atoms with Gasteiger partial charge < -0.3 is 25.6 Å². The van der Waals surface area contributed by atoms with Gasteiger partial charge in [-0.15, -0.1) is 0 Å². The van der Waals surface area contributed by atoms with E-state index in [0.717, 1.165) is 36.2 Å². The lowest BCUT2D eigenvalue weighted by atomic mass is 9.81. The third-order valence-corrected chi connectivity index (χ3v) is 7.29. The van der Waals surface area contributed by atoms with E-state index in [0.29, 0.717) is 13.0 Å². The molecule has 2 aliphatic carbocycles. The number of halogens is 2. The van der Waals surface area contributed by atoms with Gasteiger partial charge in [0.15, 0.2) is 0 Å². The number of nitrogens with zero attached hydrogens (tertiary/aromatic N) is 3. The fraction of sp³-hybridized carbons (Fsp3) is 0.636. The third kappa shape index (κ3) is 4.38. The van der Waals surface area contributed by atoms with E-state index in [9.17, 15) is 23.5 Å². The zero-order valence-electron chi connectivity index (χ0n) is 18.2. The number of carbonyl (C=O) groups is 2. The Morgan fingerprint density at radius 3 is 2.79 bits per heavy atom. The minimum Gasteiger partial charge on any atom is -0.381 e. The summed E-state index contributed by atoms with van der Waals surface area (Å²) in [5.41, 5.74) is 0.654. The lowest BCUT2D eigenvalue weighted by Crippen LogP contribution is -2.51. The number of carbonyl (C=O) groups excluding carboxylic acids is 2. The minimum atomic E-state index is -2.64. The number of amides is 2. The molecule has 0 bridgehead atoms. The molecule has 1 saturated heterocycles. The van der Waals surface area contributed by atoms with Crippen molar-refractivity contribution >= 4 is 28.7 Å². The molecule has 3 fully saturated rings. The van der Waals surface area contributed by atoms with Gasteiger partial charge in [-0.2, -0.15) is 0 Å². The molecule has 0 radical (unpaired) electrons. The molecule has 1 spiro atoms. The van der Waals surface area contributed by atoms with Crippen LogP contribution in [0.2, 0.25) is 0 Å². The molecule has 178 valence electrons. The van der Waals surface area contributed by atoms with Crippen LogP contribution in [-0.2, 0) is 9.59 Å². The summed E-state index contributed by atoms with van der Waals surface area (Å²) in [6.07, 6.45) is 4.01. The molecule has 2 aromatic heterocycles. The summed E-state index contributed by atoms with van der Waals surface area (Å²) < 4.78 is 25.8. The van der Waals surface area contributed by atoms with Crippen molar-refractivity contribution in [3.63, 3.8) is 0 Å². The Kier molecular flexibility index (Phi) is 5.46. The van der Waals surface area contributed by atoms with Gasteiger partial charge in [0, 0.05) is 44.6 Å². The van der Waals surface area contributed by atoms with Crippen LogP contribution in [0.4, 0.5) is 14.6 Å². The molecular formula is C22H28F2N6O3. The van der Waals surface area contributed by atoms with Gasteiger partial charge in [0.25, 0.3) is 5.91 Å². The van der Waals surface area contributed by atoms with Crippen molar-refractivity contribution in [2.24, 2.45) is 17.3 Å². The zero-order chi connectivity index (χ0) is 23.2. The number of nitrogens with one attached hydrogen (secondary N) is 3. The van der Waals surface area contributed by atoms with Crippen molar-refractivity contribution < 1.29 is 23.5 Å². The maximum Gasteiger partial charge on any atom is 0.250 e. The molecule has 3 aliphatic rings. The Morgan fingerprint density at radius 1 is 1.27 bits per heavy atom. The first-order valence-corrected chi connectivity index (χ1v) is 11.4. The fourth-order valence-electron chi connectivity index (χ4n) is 5.23. The Bertz CT molecular complexity index is 1050. The van der Waals surface area contributed by atoms with Gasteiger partial charge in [-0.1, -0.05) is 0 Å². The number of rotatable bonds is 7. The summed E-state index contributed by atoms with van der Waals surface area (Å²) >= 11 is 0. The number of fused-ring (bicyclic) bond motifs is 1. The van der Waals surface area contributed by atoms with Crippen LogP contribution < -0.4 is 15.5 Å². The summed E-state index contributed by atoms with van der Waals surface area (Å²) in [5.74, 6) is -3.05. The summed E-state index contributed by atoms with van der Waals surface area (Å²) in [5, 5.41) is 16.3. The number of anilines is 1. The molecule has 2 saturated carbocycles. The fourth-order valence-corrected chi connectivity index (χ4v) is 5.23. The standard InChI is InChI=1S/C22H28F2N6O3/c23-22(24)7-13(8-22)9-26-20(33)16(31)10-27-19(32)15-2-6-30(11-21(15)3-4-21)18-14-1-5-25-17(14)28-12-29-18/h1,5,12-13,15-16,31H,2-4,6-11H2,(H,26,33)(H,27,32)(H,25,28,29)/t15?,16-/m1/s1. The van der Waals surface area contributed by atoms with Gasteiger partial charge in [-0.25, -0.2) is 18.7 Å². The van der Waals surface area contributed by atoms with Crippen LogP contribution in [0, 0.1) is 17.3 Å². The molecule has 11 heteroatoms. The first-order valence-electron chi connectivity index (χ1n) is 11.4. The SMILES string of the molecule is O=C(NC[C@@H](O)C(=O)NCC1CC(F)(F)C1)C1CCN(c2ncnc3[nH]ccc23)CC12CC2. The molecule has 4 N–H and O–H groups in total. The number of aromatic nitrogens is 3. The number of aliphatic hydroxyl groups excluding tert-OH is 1. The monoisotopic (exact) mass is 462 g/mol. The third-order valence-electron chi connectivity index (χ3n) is 7.29. The van der Waals surface area contributed by atoms with Crippen LogP contribution in [0.5, 0.6) is 0 Å². The van der Waals surface area contributed by atoms with E-state index in [-0.39, 0.29) is 49.1 Å². The van der Waals surface area contributed by atoms with Crippen molar-refractivity contribution in [1.82, 2.24) is 25.6 Å². The summed E-state index contributed by atoms with van der Waals surface area (Å²) in [4.78, 5) is 38.9. The molecule has 2 aromatic rings. The average Bonchev–Trinajstić information content (AvgIpc) is 3.35. The second kappa shape index (κ2) is 8.19. The molecule has 2 atom stereocenters. The predicted molar refractivity (Wildman–Crippen MR) is 116 cm³/mol. The second-order valence-electron chi connectivity index (χ2n) is 9.70. The molecule has 1 aliphatic heterocycles. The highest BCUT2D eigenvalue weighted by atomic mass is 19.3. The van der Waals surface area contributed by atoms with Crippen LogP contribution >= 0.6 is 0 Å². The molecule has 1 unspecified atom stereocenters. The lowest BCUT2D eigenvalue weighted by Gasteiger charge is -2.39. The summed E-state index contributed by atoms with van der Waals surface area (Å²) in [6.45, 7) is 1.31. The van der Waals surface area contributed by atoms with Crippen molar-refractivity contribution in [2.45, 2.75) is 44.1 Å². The van der Waals surface area contributed by atoms with Gasteiger partial charge in [0.05, 0.1) is 11.9 Å². The van der Waals surface area contributed by atoms with Gasteiger partial charge >= 0.3 is 0 Å². The van der Waals surface area contributed by atoms with Crippen LogP contribution in [-0.4, -0.2) is 70.1 Å². The highest BCUT2D eigenvalue weighted by molar-refractivity contribution is 5.88. The normalized spacial score (nSPS) is 24.3. The number of H-pyrrole nitrogens is 1. The topological polar surface area (TPSA) is 123 Å². The van der Waals surface area contributed by atoms with Crippen LogP contribution in [0.1, 0.15) is 32.1 Å². The number of hydrogen-bond donors (Lipinski definition) is 4. The number of hydrogen-bond acceptors (Lipinski definition) is 6. The van der Waals surface area contributed by atoms with E-state index in [2.05, 4.69) is 30.5 Å². The van der Waals surface area contributed by atoms with E-state index < -0.39 is 17.9 Å². The predicted octanol–water partition coefficient (Wildman–Crippen LogP) is 1.20. The quantitative estimate of drug-likeness (QED) is 0.491. The van der Waals surface area contributed by atoms with Crippen molar-refractivity contribution in [2.75, 3.05) is 31.1 Å². The van der Waals surface area contributed by atoms with Gasteiger partial charge in [0.2, 0.25) is 11.8 Å². The Labute approximate surface area is 189 Å². The molecule has 2 amide bonds. The molecular weight excluding hydrogens is 434 g/mol. The number of aromatic amines is 1. The first-order chi connectivity index (χ1) is 15.8. The van der Waals surface area contributed by atoms with Crippen LogP contribution in [0.3, 0.4) is 0 Å². The number of aliphatic hydroxyl groups is 1. The average molecular weight is 463 g/mol. The van der Waals surface area contributed by atoms with Crippen LogP contribution in [0.25, 0.3) is 11.0 Å². The van der Waals surface area contributed by atoms with Gasteiger partial charge in [0.1, 0.15) is 23.9 Å². The smallest absolute Gasteiger partial charge is 0.250 e. The Hall–Kier alpha value is -2.82. The maximum absolute atomic E-state index is 12.9. The zero-order valence-corrected chi connectivity index (χ0v) is 18.2. The van der Waals surface area contributed by atoms with E-state index in [1.54, 1.807) is 0 Å². The molecule has 3 heterocycles. The maximum atomic E-state index is 12.9. The van der Waals surface area contributed by atoms with Crippen molar-refractivity contribution in [3.8, 4) is 0 Å². The van der Waals surface area contributed by atoms with Crippen molar-refractivity contribution in [1.29, 1.82) is 0 Å². The molecule has 9 nitrogen and oxygen atoms in total. The highest BCUT2D eigenvalue weighted by Crippen LogP contribution is 2.56. The van der Waals surface area contributed by atoms with E-state index in [4.69, 9.17) is 0 Å². The number of alkyl halides is 2. The molecule has 5 rings (SSSR count). The Morgan fingerprint density at radius 2 is 2.06 bits per heavy atom. The van der Waals surface area contributed by atoms with Crippen molar-refractivity contribution in [3.05, 3.63) is 18.6 Å². The van der Waals surface area contributed by atoms with Gasteiger partial charge in [-0.3, -0.25) is 9.59 Å². The highest BCUT2D eigenvalue weighted by Gasteiger charge is 2.55. The lowest BCUT2D eigenvalue weighted by molar-refractivity contribution is -0.134. The van der Waals surface area contributed by atoms with E-state index in [1.807, 2.05) is 12.3 Å². The van der Waals surface area contributed by atoms with E-state index >= 15 is 0 Å². The largest absolute Gasteiger partial charge is 0.381 e.